The molecule has 36 heavy (non-hydrogen) atoms. The number of amides is 2. The van der Waals surface area contributed by atoms with E-state index in [1.54, 1.807) is 24.3 Å². The van der Waals surface area contributed by atoms with Gasteiger partial charge in [0.05, 0.1) is 24.2 Å². The fourth-order valence-corrected chi connectivity index (χ4v) is 3.59. The smallest absolute Gasteiger partial charge is 0.282 e. The first-order valence-corrected chi connectivity index (χ1v) is 11.1. The first-order chi connectivity index (χ1) is 17.1. The third-order valence-electron chi connectivity index (χ3n) is 5.89. The minimum absolute atomic E-state index is 0.00989. The van der Waals surface area contributed by atoms with Crippen LogP contribution in [-0.2, 0) is 13.1 Å². The summed E-state index contributed by atoms with van der Waals surface area (Å²) in [6, 6.07) is 9.39. The van der Waals surface area contributed by atoms with Crippen molar-refractivity contribution in [3.05, 3.63) is 74.7 Å². The van der Waals surface area contributed by atoms with E-state index in [1.807, 2.05) is 13.8 Å². The quantitative estimate of drug-likeness (QED) is 0.144. The van der Waals surface area contributed by atoms with E-state index in [0.29, 0.717) is 16.6 Å². The number of nitrogens with one attached hydrogen (secondary N) is 2. The maximum absolute atomic E-state index is 13.2. The van der Waals surface area contributed by atoms with E-state index in [9.17, 15) is 29.7 Å². The van der Waals surface area contributed by atoms with Gasteiger partial charge >= 0.3 is 0 Å². The molecule has 2 aromatic carbocycles. The molecule has 12 heteroatoms. The van der Waals surface area contributed by atoms with Crippen molar-refractivity contribution in [3.8, 4) is 0 Å². The molecule has 0 radical (unpaired) electrons. The van der Waals surface area contributed by atoms with Crippen LogP contribution in [0.3, 0.4) is 0 Å². The lowest BCUT2D eigenvalue weighted by Gasteiger charge is -2.23. The zero-order chi connectivity index (χ0) is 26.6. The number of aliphatic hydroxyl groups is 4. The monoisotopic (exact) mass is 500 g/mol. The van der Waals surface area contributed by atoms with Crippen LogP contribution in [0.5, 0.6) is 0 Å². The molecule has 12 nitrogen and oxygen atoms in total. The largest absolute Gasteiger partial charge is 0.394 e. The number of aromatic nitrogens is 2. The first kappa shape index (κ1) is 26.9. The van der Waals surface area contributed by atoms with Crippen LogP contribution in [0.1, 0.15) is 37.5 Å². The van der Waals surface area contributed by atoms with Gasteiger partial charge in [0.2, 0.25) is 0 Å². The highest BCUT2D eigenvalue weighted by Gasteiger charge is 2.27. The standard InChI is InChI=1S/C24H28N4O8/c1-12-7-16-17(8-13(12)2)28(10-18(30)21(32)19(31)11-29)24(35)20(26-16)23(34)25-9-14-3-5-15(6-4-14)22(33)27-36/h3-8,18-19,21,29-32,36H,9-11H2,1-2H3,(H,25,34)(H,27,33)/t18-,19+,21-/m0/s1. The summed E-state index contributed by atoms with van der Waals surface area (Å²) in [6.07, 6.45) is -4.97. The zero-order valence-corrected chi connectivity index (χ0v) is 19.7. The molecule has 3 atom stereocenters. The molecule has 7 N–H and O–H groups in total. The molecule has 3 rings (SSSR count). The molecule has 192 valence electrons. The number of aliphatic hydroxyl groups excluding tert-OH is 4. The van der Waals surface area contributed by atoms with Gasteiger partial charge in [-0.15, -0.1) is 0 Å². The Labute approximate surface area is 205 Å². The molecule has 0 bridgehead atoms. The van der Waals surface area contributed by atoms with E-state index in [2.05, 4.69) is 10.3 Å². The van der Waals surface area contributed by atoms with Gasteiger partial charge in [-0.1, -0.05) is 12.1 Å². The molecule has 0 saturated carbocycles. The van der Waals surface area contributed by atoms with Gasteiger partial charge in [-0.25, -0.2) is 10.5 Å². The number of hydrogen-bond acceptors (Lipinski definition) is 9. The van der Waals surface area contributed by atoms with Crippen LogP contribution in [-0.4, -0.2) is 71.9 Å². The van der Waals surface area contributed by atoms with Crippen molar-refractivity contribution in [2.75, 3.05) is 6.61 Å². The number of hydrogen-bond donors (Lipinski definition) is 7. The maximum Gasteiger partial charge on any atom is 0.282 e. The molecular formula is C24H28N4O8. The van der Waals surface area contributed by atoms with Crippen LogP contribution < -0.4 is 16.4 Å². The average molecular weight is 501 g/mol. The second kappa shape index (κ2) is 11.4. The van der Waals surface area contributed by atoms with E-state index in [1.165, 1.54) is 17.6 Å². The van der Waals surface area contributed by atoms with Crippen molar-refractivity contribution in [2.45, 2.75) is 45.2 Å². The Hall–Kier alpha value is -3.68. The van der Waals surface area contributed by atoms with Crippen molar-refractivity contribution in [2.24, 2.45) is 0 Å². The Kier molecular flexibility index (Phi) is 8.50. The second-order valence-corrected chi connectivity index (χ2v) is 8.43. The normalized spacial score (nSPS) is 13.8. The third-order valence-corrected chi connectivity index (χ3v) is 5.89. The highest BCUT2D eigenvalue weighted by molar-refractivity contribution is 5.94. The Bertz CT molecular complexity index is 1320. The number of hydroxylamine groups is 1. The zero-order valence-electron chi connectivity index (χ0n) is 19.7. The number of nitrogens with zero attached hydrogens (tertiary/aromatic N) is 2. The summed E-state index contributed by atoms with van der Waals surface area (Å²) in [5.41, 5.74) is 3.41. The number of carbonyl (C=O) groups is 2. The highest BCUT2D eigenvalue weighted by atomic mass is 16.5. The lowest BCUT2D eigenvalue weighted by Crippen LogP contribution is -2.44. The SMILES string of the molecule is Cc1cc2nc(C(=O)NCc3ccc(C(=O)NO)cc3)c(=O)n(C[C@H](O)[C@H](O)[C@H](O)CO)c2cc1C. The molecule has 1 aromatic heterocycles. The minimum atomic E-state index is -1.73. The first-order valence-electron chi connectivity index (χ1n) is 11.1. The van der Waals surface area contributed by atoms with Gasteiger partial charge in [0.15, 0.2) is 5.69 Å². The van der Waals surface area contributed by atoms with Crippen molar-refractivity contribution in [1.29, 1.82) is 0 Å². The summed E-state index contributed by atoms with van der Waals surface area (Å²) in [4.78, 5) is 41.8. The topological polar surface area (TPSA) is 194 Å². The van der Waals surface area contributed by atoms with Crippen LogP contribution in [0.25, 0.3) is 11.0 Å². The van der Waals surface area contributed by atoms with Crippen molar-refractivity contribution < 1.29 is 35.2 Å². The van der Waals surface area contributed by atoms with Gasteiger partial charge in [0.1, 0.15) is 18.3 Å². The summed E-state index contributed by atoms with van der Waals surface area (Å²) < 4.78 is 1.10. The number of carbonyl (C=O) groups excluding carboxylic acids is 2. The molecule has 3 aromatic rings. The van der Waals surface area contributed by atoms with Gasteiger partial charge in [-0.2, -0.15) is 0 Å². The second-order valence-electron chi connectivity index (χ2n) is 8.43. The molecular weight excluding hydrogens is 472 g/mol. The Morgan fingerprint density at radius 3 is 2.25 bits per heavy atom. The van der Waals surface area contributed by atoms with Gasteiger partial charge in [0.25, 0.3) is 17.4 Å². The van der Waals surface area contributed by atoms with Crippen molar-refractivity contribution in [3.63, 3.8) is 0 Å². The van der Waals surface area contributed by atoms with E-state index in [0.717, 1.165) is 15.7 Å². The van der Waals surface area contributed by atoms with Crippen molar-refractivity contribution >= 4 is 22.8 Å². The minimum Gasteiger partial charge on any atom is -0.394 e. The fraction of sp³-hybridized carbons (Fsp3) is 0.333. The highest BCUT2D eigenvalue weighted by Crippen LogP contribution is 2.18. The molecule has 0 aliphatic rings. The average Bonchev–Trinajstić information content (AvgIpc) is 2.88. The van der Waals surface area contributed by atoms with E-state index in [4.69, 9.17) is 10.3 Å². The van der Waals surface area contributed by atoms with Crippen LogP contribution in [0, 0.1) is 13.8 Å². The Balaban J connectivity index is 1.94. The molecule has 1 heterocycles. The predicted molar refractivity (Wildman–Crippen MR) is 127 cm³/mol. The number of fused-ring (bicyclic) bond motifs is 1. The lowest BCUT2D eigenvalue weighted by atomic mass is 10.1. The number of rotatable bonds is 9. The summed E-state index contributed by atoms with van der Waals surface area (Å²) >= 11 is 0. The van der Waals surface area contributed by atoms with E-state index in [-0.39, 0.29) is 12.1 Å². The van der Waals surface area contributed by atoms with E-state index < -0.39 is 54.5 Å². The molecule has 0 unspecified atom stereocenters. The summed E-state index contributed by atoms with van der Waals surface area (Å²) in [5, 5.41) is 50.5. The van der Waals surface area contributed by atoms with Crippen LogP contribution >= 0.6 is 0 Å². The van der Waals surface area contributed by atoms with Gasteiger partial charge in [0, 0.05) is 12.1 Å². The molecule has 0 spiro atoms. The fourth-order valence-electron chi connectivity index (χ4n) is 3.59. The molecule has 0 saturated heterocycles. The summed E-state index contributed by atoms with van der Waals surface area (Å²) in [5.74, 6) is -1.47. The van der Waals surface area contributed by atoms with Gasteiger partial charge in [-0.05, 0) is 54.8 Å². The molecule has 0 aliphatic heterocycles. The number of benzene rings is 2. The predicted octanol–water partition coefficient (Wildman–Crippen LogP) is -0.863. The number of aryl methyl sites for hydroxylation is 2. The van der Waals surface area contributed by atoms with Crippen LogP contribution in [0.2, 0.25) is 0 Å². The summed E-state index contributed by atoms with van der Waals surface area (Å²) in [6.45, 7) is 2.41. The van der Waals surface area contributed by atoms with Gasteiger partial charge < -0.3 is 30.3 Å². The van der Waals surface area contributed by atoms with E-state index >= 15 is 0 Å². The maximum atomic E-state index is 13.2. The van der Waals surface area contributed by atoms with Gasteiger partial charge in [-0.3, -0.25) is 19.6 Å². The van der Waals surface area contributed by atoms with Crippen molar-refractivity contribution in [1.82, 2.24) is 20.3 Å². The van der Waals surface area contributed by atoms with Crippen LogP contribution in [0.4, 0.5) is 0 Å². The van der Waals surface area contributed by atoms with Crippen LogP contribution in [0.15, 0.2) is 41.2 Å². The molecule has 0 aliphatic carbocycles. The lowest BCUT2D eigenvalue weighted by molar-refractivity contribution is -0.0805. The third kappa shape index (κ3) is 5.75. The Morgan fingerprint density at radius 1 is 1.00 bits per heavy atom. The molecule has 0 fully saturated rings. The Morgan fingerprint density at radius 2 is 1.64 bits per heavy atom. The summed E-state index contributed by atoms with van der Waals surface area (Å²) in [7, 11) is 0. The molecule has 2 amide bonds.